The summed E-state index contributed by atoms with van der Waals surface area (Å²) < 4.78 is 36.4. The first-order valence-electron chi connectivity index (χ1n) is 16.0. The number of hydrogen-bond donors (Lipinski definition) is 2. The first kappa shape index (κ1) is 29.1. The highest BCUT2D eigenvalue weighted by Crippen LogP contribution is 2.50. The number of aromatic nitrogens is 4. The topological polar surface area (TPSA) is 131 Å². The molecule has 2 aliphatic carbocycles. The Morgan fingerprint density at radius 3 is 2.59 bits per heavy atom. The van der Waals surface area contributed by atoms with Crippen LogP contribution in [0.5, 0.6) is 5.88 Å². The number of amides is 1. The van der Waals surface area contributed by atoms with Crippen LogP contribution >= 0.6 is 0 Å². The summed E-state index contributed by atoms with van der Waals surface area (Å²) in [6.45, 7) is 5.59. The minimum absolute atomic E-state index is 0.127. The number of pyridine rings is 2. The summed E-state index contributed by atoms with van der Waals surface area (Å²) in [6.07, 6.45) is 11.9. The number of nitrogens with one attached hydrogen (secondary N) is 2. The van der Waals surface area contributed by atoms with Gasteiger partial charge < -0.3 is 15.0 Å². The first-order chi connectivity index (χ1) is 21.2. The van der Waals surface area contributed by atoms with E-state index in [1.165, 1.54) is 31.7 Å². The fraction of sp³-hybridized carbons (Fsp3) is 0.562. The smallest absolute Gasteiger partial charge is 0.281 e. The number of fused-ring (bicyclic) bond motifs is 5. The second-order valence-electron chi connectivity index (χ2n) is 13.4. The number of sulfonamides is 1. The molecule has 7 rings (SSSR count). The molecule has 2 saturated carbocycles. The van der Waals surface area contributed by atoms with Crippen molar-refractivity contribution in [3.63, 3.8) is 0 Å². The van der Waals surface area contributed by atoms with Crippen LogP contribution in [0.25, 0.3) is 5.82 Å². The molecule has 1 atom stereocenters. The van der Waals surface area contributed by atoms with Gasteiger partial charge in [-0.2, -0.15) is 8.42 Å². The number of nitrogens with zero attached hydrogens (tertiary/aromatic N) is 5. The van der Waals surface area contributed by atoms with Crippen molar-refractivity contribution >= 4 is 27.6 Å². The molecule has 234 valence electrons. The summed E-state index contributed by atoms with van der Waals surface area (Å²) >= 11 is 0. The Morgan fingerprint density at radius 2 is 1.82 bits per heavy atom. The number of anilines is 2. The molecule has 12 heteroatoms. The van der Waals surface area contributed by atoms with Gasteiger partial charge in [-0.1, -0.05) is 6.07 Å². The Bertz CT molecular complexity index is 1640. The van der Waals surface area contributed by atoms with Crippen LogP contribution in [0.4, 0.5) is 11.6 Å². The lowest BCUT2D eigenvalue weighted by atomic mass is 9.95. The van der Waals surface area contributed by atoms with Crippen LogP contribution in [-0.4, -0.2) is 58.8 Å². The fourth-order valence-corrected chi connectivity index (χ4v) is 8.02. The maximum atomic E-state index is 13.7. The summed E-state index contributed by atoms with van der Waals surface area (Å²) in [5, 5.41) is 7.66. The molecular weight excluding hydrogens is 578 g/mol. The Hall–Kier alpha value is -3.67. The molecule has 0 aromatic carbocycles. The van der Waals surface area contributed by atoms with Gasteiger partial charge in [0.2, 0.25) is 5.88 Å². The van der Waals surface area contributed by atoms with Crippen molar-refractivity contribution in [1.29, 1.82) is 0 Å². The van der Waals surface area contributed by atoms with Crippen molar-refractivity contribution in [3.05, 3.63) is 48.2 Å². The molecule has 4 aliphatic rings. The molecule has 1 amide bonds. The third-order valence-corrected chi connectivity index (χ3v) is 10.9. The van der Waals surface area contributed by atoms with E-state index in [-0.39, 0.29) is 22.2 Å². The average molecular weight is 620 g/mol. The highest BCUT2D eigenvalue weighted by atomic mass is 32.2. The van der Waals surface area contributed by atoms with Crippen LogP contribution < -0.4 is 19.7 Å². The minimum Gasteiger partial charge on any atom is -0.477 e. The van der Waals surface area contributed by atoms with E-state index < -0.39 is 15.9 Å². The Balaban J connectivity index is 1.19. The number of carbonyl (C=O) groups is 1. The van der Waals surface area contributed by atoms with Gasteiger partial charge >= 0.3 is 0 Å². The molecule has 3 aromatic heterocycles. The predicted molar refractivity (Wildman–Crippen MR) is 167 cm³/mol. The molecule has 11 nitrogen and oxygen atoms in total. The monoisotopic (exact) mass is 619 g/mol. The molecule has 2 aliphatic heterocycles. The number of hydrogen-bond acceptors (Lipinski definition) is 9. The molecule has 44 heavy (non-hydrogen) atoms. The van der Waals surface area contributed by atoms with E-state index in [0.717, 1.165) is 49.9 Å². The Labute approximate surface area is 258 Å². The minimum atomic E-state index is -4.22. The third-order valence-electron chi connectivity index (χ3n) is 9.64. The molecule has 0 unspecified atom stereocenters. The molecular formula is C32H41N7O4S. The second kappa shape index (κ2) is 11.4. The van der Waals surface area contributed by atoms with Gasteiger partial charge in [0.15, 0.2) is 10.8 Å². The molecule has 3 fully saturated rings. The van der Waals surface area contributed by atoms with Crippen LogP contribution in [0, 0.1) is 17.8 Å². The number of rotatable bonds is 7. The molecule has 1 saturated heterocycles. The van der Waals surface area contributed by atoms with Gasteiger partial charge in [-0.05, 0) is 114 Å². The van der Waals surface area contributed by atoms with Crippen LogP contribution in [0.3, 0.4) is 0 Å². The summed E-state index contributed by atoms with van der Waals surface area (Å²) in [7, 11) is -4.22. The SMILES string of the molecule is CC1(C)CC[C@H]2CCCNc3cccc(n3)S(=O)(=O)NC(=O)c3ccc(-n4ccc(OCCC(C5CC5)C5CC5)n4)nc3N21. The van der Waals surface area contributed by atoms with E-state index in [0.29, 0.717) is 36.5 Å². The number of carbonyl (C=O) groups excluding carboxylic acids is 1. The highest BCUT2D eigenvalue weighted by Gasteiger charge is 2.42. The summed E-state index contributed by atoms with van der Waals surface area (Å²) in [5.41, 5.74) is -0.100. The maximum Gasteiger partial charge on any atom is 0.281 e. The van der Waals surface area contributed by atoms with Gasteiger partial charge in [-0.15, -0.1) is 5.10 Å². The van der Waals surface area contributed by atoms with Crippen molar-refractivity contribution < 1.29 is 17.9 Å². The third kappa shape index (κ3) is 6.00. The van der Waals surface area contributed by atoms with E-state index in [1.54, 1.807) is 28.9 Å². The van der Waals surface area contributed by atoms with Gasteiger partial charge in [0.1, 0.15) is 11.6 Å². The van der Waals surface area contributed by atoms with Crippen LogP contribution in [0.2, 0.25) is 0 Å². The molecule has 5 heterocycles. The maximum absolute atomic E-state index is 13.7. The fourth-order valence-electron chi connectivity index (χ4n) is 7.09. The summed E-state index contributed by atoms with van der Waals surface area (Å²) in [4.78, 5) is 25.1. The normalized spacial score (nSPS) is 22.8. The van der Waals surface area contributed by atoms with E-state index in [1.807, 2.05) is 12.3 Å². The lowest BCUT2D eigenvalue weighted by molar-refractivity contribution is 0.0981. The summed E-state index contributed by atoms with van der Waals surface area (Å²) in [5.74, 6) is 3.79. The standard InChI is InChI=1S/C32H41N7O4S/c1-32(2)17-14-23-5-4-18-33-26-6-3-7-29(34-26)44(41,42)37-31(40)25-12-13-27(35-30(25)39(23)32)38-19-15-28(36-38)43-20-16-24(21-8-9-21)22-10-11-22/h3,6-7,12-13,15,19,21-24H,4-5,8-11,14,16-18,20H2,1-2H3,(H,33,34)(H,37,40)/t23-/m1/s1. The van der Waals surface area contributed by atoms with Crippen molar-refractivity contribution in [2.45, 2.75) is 88.2 Å². The number of ether oxygens (including phenoxy) is 1. The van der Waals surface area contributed by atoms with Crippen molar-refractivity contribution in [3.8, 4) is 11.7 Å². The van der Waals surface area contributed by atoms with E-state index in [4.69, 9.17) is 9.72 Å². The van der Waals surface area contributed by atoms with E-state index in [2.05, 4.69) is 38.9 Å². The second-order valence-corrected chi connectivity index (χ2v) is 15.0. The van der Waals surface area contributed by atoms with Gasteiger partial charge in [-0.25, -0.2) is 19.4 Å². The van der Waals surface area contributed by atoms with Gasteiger partial charge in [0.05, 0.1) is 12.2 Å². The van der Waals surface area contributed by atoms with E-state index in [9.17, 15) is 13.2 Å². The lowest BCUT2D eigenvalue weighted by Gasteiger charge is -2.38. The predicted octanol–water partition coefficient (Wildman–Crippen LogP) is 4.94. The molecule has 3 aromatic rings. The van der Waals surface area contributed by atoms with Gasteiger partial charge in [-0.3, -0.25) is 4.79 Å². The van der Waals surface area contributed by atoms with Crippen LogP contribution in [0.1, 0.15) is 82.0 Å². The zero-order valence-electron chi connectivity index (χ0n) is 25.4. The molecule has 2 N–H and O–H groups in total. The first-order valence-corrected chi connectivity index (χ1v) is 17.4. The average Bonchev–Trinajstić information content (AvgIpc) is 3.93. The lowest BCUT2D eigenvalue weighted by Crippen LogP contribution is -2.45. The quantitative estimate of drug-likeness (QED) is 0.378. The van der Waals surface area contributed by atoms with Gasteiger partial charge in [0.25, 0.3) is 15.9 Å². The Morgan fingerprint density at radius 1 is 1.02 bits per heavy atom. The zero-order chi connectivity index (χ0) is 30.5. The van der Waals surface area contributed by atoms with Crippen molar-refractivity contribution in [2.24, 2.45) is 17.8 Å². The van der Waals surface area contributed by atoms with Crippen LogP contribution in [0.15, 0.2) is 47.6 Å². The Kier molecular flexibility index (Phi) is 7.50. The van der Waals surface area contributed by atoms with Crippen molar-refractivity contribution in [2.75, 3.05) is 23.4 Å². The van der Waals surface area contributed by atoms with E-state index >= 15 is 0 Å². The molecule has 0 spiro atoms. The van der Waals surface area contributed by atoms with Crippen molar-refractivity contribution in [1.82, 2.24) is 24.5 Å². The van der Waals surface area contributed by atoms with Crippen LogP contribution in [-0.2, 0) is 10.0 Å². The molecule has 0 radical (unpaired) electrons. The van der Waals surface area contributed by atoms with Gasteiger partial charge in [0, 0.05) is 30.4 Å². The zero-order valence-corrected chi connectivity index (χ0v) is 26.2. The highest BCUT2D eigenvalue weighted by molar-refractivity contribution is 7.90. The molecule has 2 bridgehead atoms. The largest absolute Gasteiger partial charge is 0.477 e. The summed E-state index contributed by atoms with van der Waals surface area (Å²) in [6, 6.07) is 10.0.